The van der Waals surface area contributed by atoms with Gasteiger partial charge in [0.2, 0.25) is 10.0 Å². The van der Waals surface area contributed by atoms with Crippen molar-refractivity contribution in [3.63, 3.8) is 0 Å². The lowest BCUT2D eigenvalue weighted by Gasteiger charge is -2.57. The fourth-order valence-electron chi connectivity index (χ4n) is 5.24. The summed E-state index contributed by atoms with van der Waals surface area (Å²) in [5.74, 6) is 6.35. The Kier molecular flexibility index (Phi) is 6.98. The number of aliphatic hydroxyl groups excluding tert-OH is 1. The van der Waals surface area contributed by atoms with Gasteiger partial charge in [0.25, 0.3) is 0 Å². The largest absolute Gasteiger partial charge is 0.395 e. The van der Waals surface area contributed by atoms with Gasteiger partial charge in [0.1, 0.15) is 0 Å². The van der Waals surface area contributed by atoms with Gasteiger partial charge in [-0.1, -0.05) is 42.2 Å². The third-order valence-corrected chi connectivity index (χ3v) is 8.90. The van der Waals surface area contributed by atoms with Gasteiger partial charge in [-0.3, -0.25) is 9.88 Å². The Labute approximate surface area is 207 Å². The molecule has 1 aromatic heterocycles. The maximum absolute atomic E-state index is 13.4. The van der Waals surface area contributed by atoms with Crippen molar-refractivity contribution in [2.75, 3.05) is 26.2 Å². The van der Waals surface area contributed by atoms with Gasteiger partial charge in [0.15, 0.2) is 0 Å². The third-order valence-electron chi connectivity index (χ3n) is 7.02. The summed E-state index contributed by atoms with van der Waals surface area (Å²) in [5.41, 5.74) is 2.87. The summed E-state index contributed by atoms with van der Waals surface area (Å²) in [6.07, 6.45) is 5.17. The van der Waals surface area contributed by atoms with E-state index in [2.05, 4.69) is 33.9 Å². The lowest BCUT2D eigenvalue weighted by Crippen LogP contribution is -2.67. The lowest BCUT2D eigenvalue weighted by atomic mass is 9.74. The summed E-state index contributed by atoms with van der Waals surface area (Å²) in [4.78, 5) is 6.71. The molecule has 6 nitrogen and oxygen atoms in total. The molecule has 2 aliphatic rings. The molecule has 0 amide bonds. The number of benzene rings is 2. The smallest absolute Gasteiger partial charge is 0.243 e. The summed E-state index contributed by atoms with van der Waals surface area (Å²) in [6, 6.07) is 20.6. The molecule has 35 heavy (non-hydrogen) atoms. The highest BCUT2D eigenvalue weighted by molar-refractivity contribution is 7.89. The first-order valence-electron chi connectivity index (χ1n) is 12.0. The standard InChI is InChI=1S/C28H29N3O3S/c32-21-27-28(24-14-12-22(13-15-24)10-11-23-7-6-16-29-19-23)26-20-30(17-4-5-18-31(26)27)35(33,34)25-8-2-1-3-9-25/h1-3,6-9,12-16,19,26-28,32H,4-5,17-18,20-21H2/t26-,27+,28-/m1/s1. The quantitative estimate of drug-likeness (QED) is 0.573. The zero-order chi connectivity index (χ0) is 24.3. The number of fused-ring (bicyclic) bond motifs is 1. The van der Waals surface area contributed by atoms with Crippen molar-refractivity contribution in [2.45, 2.75) is 35.7 Å². The molecule has 7 heteroatoms. The monoisotopic (exact) mass is 487 g/mol. The van der Waals surface area contributed by atoms with Crippen molar-refractivity contribution in [2.24, 2.45) is 0 Å². The van der Waals surface area contributed by atoms with Crippen LogP contribution in [0.4, 0.5) is 0 Å². The zero-order valence-electron chi connectivity index (χ0n) is 19.5. The first kappa shape index (κ1) is 23.7. The minimum Gasteiger partial charge on any atom is -0.395 e. The van der Waals surface area contributed by atoms with Crippen LogP contribution in [0, 0.1) is 11.8 Å². The van der Waals surface area contributed by atoms with Gasteiger partial charge in [-0.2, -0.15) is 4.31 Å². The Bertz CT molecular complexity index is 1300. The Morgan fingerprint density at radius 2 is 1.66 bits per heavy atom. The van der Waals surface area contributed by atoms with Gasteiger partial charge in [-0.25, -0.2) is 8.42 Å². The Balaban J connectivity index is 1.38. The number of pyridine rings is 1. The van der Waals surface area contributed by atoms with Crippen LogP contribution in [-0.4, -0.2) is 66.0 Å². The minimum absolute atomic E-state index is 0.00768. The van der Waals surface area contributed by atoms with E-state index in [1.807, 2.05) is 30.3 Å². The van der Waals surface area contributed by atoms with Gasteiger partial charge >= 0.3 is 0 Å². The predicted molar refractivity (Wildman–Crippen MR) is 135 cm³/mol. The fourth-order valence-corrected chi connectivity index (χ4v) is 6.76. The van der Waals surface area contributed by atoms with E-state index in [1.165, 1.54) is 0 Å². The molecule has 0 radical (unpaired) electrons. The summed E-state index contributed by atoms with van der Waals surface area (Å²) < 4.78 is 28.4. The lowest BCUT2D eigenvalue weighted by molar-refractivity contribution is -0.0553. The fraction of sp³-hybridized carbons (Fsp3) is 0.321. The second-order valence-electron chi connectivity index (χ2n) is 9.08. The SMILES string of the molecule is O=S(=O)(c1ccccc1)N1CCCCN2[C@H](C1)[C@@H](c1ccc(C#Cc3cccnc3)cc1)[C@@H]2CO. The van der Waals surface area contributed by atoms with Crippen molar-refractivity contribution < 1.29 is 13.5 Å². The maximum Gasteiger partial charge on any atom is 0.243 e. The van der Waals surface area contributed by atoms with E-state index in [0.29, 0.717) is 18.0 Å². The van der Waals surface area contributed by atoms with Gasteiger partial charge in [0.05, 0.1) is 11.5 Å². The van der Waals surface area contributed by atoms with Crippen LogP contribution in [0.25, 0.3) is 0 Å². The van der Waals surface area contributed by atoms with Crippen molar-refractivity contribution >= 4 is 10.0 Å². The summed E-state index contributed by atoms with van der Waals surface area (Å²) in [6.45, 7) is 1.86. The van der Waals surface area contributed by atoms with Crippen LogP contribution in [0.1, 0.15) is 35.4 Å². The Morgan fingerprint density at radius 3 is 2.37 bits per heavy atom. The first-order chi connectivity index (χ1) is 17.1. The maximum atomic E-state index is 13.4. The van der Waals surface area contributed by atoms with Crippen LogP contribution in [0.15, 0.2) is 84.0 Å². The van der Waals surface area contributed by atoms with E-state index < -0.39 is 10.0 Å². The average molecular weight is 488 g/mol. The number of hydrogen-bond acceptors (Lipinski definition) is 5. The van der Waals surface area contributed by atoms with Gasteiger partial charge < -0.3 is 5.11 Å². The topological polar surface area (TPSA) is 73.7 Å². The van der Waals surface area contributed by atoms with Crippen LogP contribution in [-0.2, 0) is 10.0 Å². The van der Waals surface area contributed by atoms with Crippen molar-refractivity contribution in [1.29, 1.82) is 0 Å². The van der Waals surface area contributed by atoms with E-state index in [4.69, 9.17) is 0 Å². The summed E-state index contributed by atoms with van der Waals surface area (Å²) in [7, 11) is -3.57. The molecule has 0 spiro atoms. The van der Waals surface area contributed by atoms with Crippen LogP contribution >= 0.6 is 0 Å². The van der Waals surface area contributed by atoms with Crippen molar-refractivity contribution in [1.82, 2.24) is 14.2 Å². The Hall–Kier alpha value is -3.02. The highest BCUT2D eigenvalue weighted by atomic mass is 32.2. The van der Waals surface area contributed by atoms with E-state index in [0.717, 1.165) is 36.1 Å². The second-order valence-corrected chi connectivity index (χ2v) is 11.0. The van der Waals surface area contributed by atoms with E-state index in [-0.39, 0.29) is 24.6 Å². The van der Waals surface area contributed by atoms with Crippen molar-refractivity contribution in [3.05, 3.63) is 95.8 Å². The molecule has 0 saturated carbocycles. The molecule has 3 heterocycles. The molecule has 2 aromatic carbocycles. The number of nitrogens with zero attached hydrogens (tertiary/aromatic N) is 3. The molecule has 5 rings (SSSR count). The normalized spacial score (nSPS) is 23.2. The molecule has 0 aliphatic carbocycles. The van der Waals surface area contributed by atoms with E-state index in [1.54, 1.807) is 41.0 Å². The zero-order valence-corrected chi connectivity index (χ0v) is 20.3. The molecule has 2 saturated heterocycles. The van der Waals surface area contributed by atoms with Crippen LogP contribution in [0.3, 0.4) is 0 Å². The molecule has 2 fully saturated rings. The van der Waals surface area contributed by atoms with Gasteiger partial charge in [0, 0.05) is 54.6 Å². The van der Waals surface area contributed by atoms with Crippen molar-refractivity contribution in [3.8, 4) is 11.8 Å². The van der Waals surface area contributed by atoms with E-state index in [9.17, 15) is 13.5 Å². The molecule has 2 aliphatic heterocycles. The highest BCUT2D eigenvalue weighted by Gasteiger charge is 2.50. The number of aromatic nitrogens is 1. The van der Waals surface area contributed by atoms with E-state index >= 15 is 0 Å². The molecular formula is C28H29N3O3S. The average Bonchev–Trinajstić information content (AvgIpc) is 2.88. The predicted octanol–water partition coefficient (Wildman–Crippen LogP) is 3.09. The Morgan fingerprint density at radius 1 is 0.914 bits per heavy atom. The highest BCUT2D eigenvalue weighted by Crippen LogP contribution is 2.42. The van der Waals surface area contributed by atoms with Crippen LogP contribution in [0.2, 0.25) is 0 Å². The molecule has 1 N–H and O–H groups in total. The molecular weight excluding hydrogens is 458 g/mol. The van der Waals surface area contributed by atoms with Gasteiger partial charge in [-0.05, 0) is 61.3 Å². The van der Waals surface area contributed by atoms with Gasteiger partial charge in [-0.15, -0.1) is 0 Å². The molecule has 3 atom stereocenters. The molecule has 3 aromatic rings. The summed E-state index contributed by atoms with van der Waals surface area (Å²) >= 11 is 0. The summed E-state index contributed by atoms with van der Waals surface area (Å²) in [5, 5.41) is 10.2. The number of sulfonamides is 1. The van der Waals surface area contributed by atoms with Crippen LogP contribution in [0.5, 0.6) is 0 Å². The molecule has 0 bridgehead atoms. The number of hydrogen-bond donors (Lipinski definition) is 1. The molecule has 180 valence electrons. The first-order valence-corrected chi connectivity index (χ1v) is 13.5. The third kappa shape index (κ3) is 4.89. The number of rotatable bonds is 4. The number of aliphatic hydroxyl groups is 1. The minimum atomic E-state index is -3.57. The van der Waals surface area contributed by atoms with Crippen LogP contribution < -0.4 is 0 Å². The second kappa shape index (κ2) is 10.3. The molecule has 0 unspecified atom stereocenters.